The van der Waals surface area contributed by atoms with E-state index in [9.17, 15) is 13.2 Å². The molecule has 0 heterocycles. The van der Waals surface area contributed by atoms with Gasteiger partial charge in [0.05, 0.1) is 5.02 Å². The van der Waals surface area contributed by atoms with Crippen LogP contribution in [0.15, 0.2) is 47.4 Å². The van der Waals surface area contributed by atoms with Gasteiger partial charge in [0.15, 0.2) is 0 Å². The third-order valence-corrected chi connectivity index (χ3v) is 8.49. The van der Waals surface area contributed by atoms with Crippen LogP contribution < -0.4 is 10.0 Å². The number of carbonyl (C=O) groups is 1. The zero-order valence-electron chi connectivity index (χ0n) is 16.6. The highest BCUT2D eigenvalue weighted by molar-refractivity contribution is 7.92. The minimum Gasteiger partial charge on any atom is -0.349 e. The van der Waals surface area contributed by atoms with Gasteiger partial charge in [-0.1, -0.05) is 29.6 Å². The number of fused-ring (bicyclic) bond motifs is 2. The van der Waals surface area contributed by atoms with Crippen LogP contribution in [0.1, 0.15) is 43.0 Å². The van der Waals surface area contributed by atoms with Gasteiger partial charge in [-0.25, -0.2) is 8.42 Å². The van der Waals surface area contributed by atoms with Gasteiger partial charge in [-0.2, -0.15) is 0 Å². The fourth-order valence-electron chi connectivity index (χ4n) is 4.88. The Labute approximate surface area is 187 Å². The van der Waals surface area contributed by atoms with E-state index >= 15 is 0 Å². The van der Waals surface area contributed by atoms with Crippen LogP contribution in [0.4, 0.5) is 5.69 Å². The third kappa shape index (κ3) is 4.46. The molecule has 0 saturated heterocycles. The maximum absolute atomic E-state index is 12.8. The van der Waals surface area contributed by atoms with Crippen molar-refractivity contribution in [2.45, 2.75) is 43.5 Å². The number of carbonyl (C=O) groups excluding carboxylic acids is 1. The molecular formula is C22H24Cl2N2O3S. The molecule has 2 N–H and O–H groups in total. The second-order valence-corrected chi connectivity index (χ2v) is 10.9. The van der Waals surface area contributed by atoms with E-state index in [0.29, 0.717) is 22.5 Å². The van der Waals surface area contributed by atoms with Gasteiger partial charge in [-0.3, -0.25) is 9.52 Å². The van der Waals surface area contributed by atoms with E-state index in [2.05, 4.69) is 10.0 Å². The minimum atomic E-state index is -3.97. The Hall–Kier alpha value is -1.76. The lowest BCUT2D eigenvalue weighted by molar-refractivity contribution is 0.0915. The Kier molecular flexibility index (Phi) is 6.02. The lowest BCUT2D eigenvalue weighted by Crippen LogP contribution is -2.40. The first-order chi connectivity index (χ1) is 14.2. The van der Waals surface area contributed by atoms with Crippen LogP contribution in [0.5, 0.6) is 0 Å². The maximum Gasteiger partial charge on any atom is 0.263 e. The van der Waals surface area contributed by atoms with Crippen LogP contribution in [0.25, 0.3) is 0 Å². The quantitative estimate of drug-likeness (QED) is 0.602. The van der Waals surface area contributed by atoms with Crippen molar-refractivity contribution in [1.29, 1.82) is 0 Å². The number of hydrogen-bond donors (Lipinski definition) is 2. The van der Waals surface area contributed by atoms with Crippen molar-refractivity contribution in [3.63, 3.8) is 0 Å². The Morgan fingerprint density at radius 2 is 1.80 bits per heavy atom. The molecule has 2 fully saturated rings. The van der Waals surface area contributed by atoms with Crippen molar-refractivity contribution < 1.29 is 13.2 Å². The summed E-state index contributed by atoms with van der Waals surface area (Å²) in [5, 5.41) is 3.61. The van der Waals surface area contributed by atoms with Gasteiger partial charge in [-0.05, 0) is 86.4 Å². The molecule has 2 aromatic rings. The summed E-state index contributed by atoms with van der Waals surface area (Å²) in [6.45, 7) is 2.04. The first-order valence-electron chi connectivity index (χ1n) is 10.1. The van der Waals surface area contributed by atoms with Crippen molar-refractivity contribution in [2.24, 2.45) is 17.8 Å². The van der Waals surface area contributed by atoms with Crippen molar-refractivity contribution >= 4 is 44.8 Å². The van der Waals surface area contributed by atoms with Gasteiger partial charge < -0.3 is 5.32 Å². The average Bonchev–Trinajstić information content (AvgIpc) is 3.33. The number of sulfonamides is 1. The second kappa shape index (κ2) is 8.40. The topological polar surface area (TPSA) is 75.3 Å². The molecule has 160 valence electrons. The summed E-state index contributed by atoms with van der Waals surface area (Å²) in [5.41, 5.74) is 0.626. The number of hydrogen-bond acceptors (Lipinski definition) is 3. The van der Waals surface area contributed by atoms with Gasteiger partial charge in [-0.15, -0.1) is 0 Å². The number of amides is 1. The second-order valence-electron chi connectivity index (χ2n) is 8.36. The molecule has 0 spiro atoms. The highest BCUT2D eigenvalue weighted by atomic mass is 35.5. The van der Waals surface area contributed by atoms with E-state index in [1.807, 2.05) is 6.92 Å². The van der Waals surface area contributed by atoms with E-state index in [4.69, 9.17) is 23.2 Å². The van der Waals surface area contributed by atoms with Crippen LogP contribution in [0.2, 0.25) is 10.0 Å². The highest BCUT2D eigenvalue weighted by Gasteiger charge is 2.42. The number of nitrogens with one attached hydrogen (secondary N) is 2. The molecule has 0 radical (unpaired) electrons. The van der Waals surface area contributed by atoms with Crippen LogP contribution in [0, 0.1) is 17.8 Å². The van der Waals surface area contributed by atoms with Gasteiger partial charge in [0.2, 0.25) is 0 Å². The largest absolute Gasteiger partial charge is 0.349 e. The maximum atomic E-state index is 12.8. The average molecular weight is 467 g/mol. The number of rotatable bonds is 6. The molecule has 2 aromatic carbocycles. The summed E-state index contributed by atoms with van der Waals surface area (Å²) in [5.74, 6) is 1.69. The number of benzene rings is 2. The molecular weight excluding hydrogens is 443 g/mol. The Morgan fingerprint density at radius 1 is 1.07 bits per heavy atom. The molecule has 2 saturated carbocycles. The van der Waals surface area contributed by atoms with Crippen molar-refractivity contribution in [2.75, 3.05) is 4.72 Å². The number of halogens is 2. The van der Waals surface area contributed by atoms with Crippen molar-refractivity contribution in [3.8, 4) is 0 Å². The van der Waals surface area contributed by atoms with Crippen molar-refractivity contribution in [1.82, 2.24) is 5.32 Å². The van der Waals surface area contributed by atoms with E-state index in [1.54, 1.807) is 30.3 Å². The SMILES string of the molecule is C[C@H](NC(=O)c1ccc(Cl)c(S(=O)(=O)Nc2ccc(Cl)cc2)c1)[C@@H]1C[C@@H]2CC[C@@H]1C2. The molecule has 8 heteroatoms. The summed E-state index contributed by atoms with van der Waals surface area (Å²) in [6, 6.07) is 10.6. The Balaban J connectivity index is 1.50. The first-order valence-corrected chi connectivity index (χ1v) is 12.4. The fourth-order valence-corrected chi connectivity index (χ4v) is 6.59. The van der Waals surface area contributed by atoms with E-state index < -0.39 is 10.0 Å². The molecule has 4 rings (SSSR count). The molecule has 4 atom stereocenters. The summed E-state index contributed by atoms with van der Waals surface area (Å²) in [6.07, 6.45) is 4.98. The molecule has 0 aliphatic heterocycles. The van der Waals surface area contributed by atoms with Crippen molar-refractivity contribution in [3.05, 3.63) is 58.1 Å². The fraction of sp³-hybridized carbons (Fsp3) is 0.409. The van der Waals surface area contributed by atoms with Crippen LogP contribution in [0.3, 0.4) is 0 Å². The van der Waals surface area contributed by atoms with Gasteiger partial charge >= 0.3 is 0 Å². The molecule has 1 amide bonds. The molecule has 5 nitrogen and oxygen atoms in total. The summed E-state index contributed by atoms with van der Waals surface area (Å²) in [4.78, 5) is 12.7. The predicted molar refractivity (Wildman–Crippen MR) is 120 cm³/mol. The summed E-state index contributed by atoms with van der Waals surface area (Å²) in [7, 11) is -3.97. The summed E-state index contributed by atoms with van der Waals surface area (Å²) < 4.78 is 28.1. The molecule has 2 bridgehead atoms. The molecule has 0 aromatic heterocycles. The lowest BCUT2D eigenvalue weighted by Gasteiger charge is -2.28. The summed E-state index contributed by atoms with van der Waals surface area (Å²) >= 11 is 12.0. The predicted octanol–water partition coefficient (Wildman–Crippen LogP) is 5.35. The minimum absolute atomic E-state index is 0.0502. The van der Waals surface area contributed by atoms with Crippen LogP contribution >= 0.6 is 23.2 Å². The van der Waals surface area contributed by atoms with Gasteiger partial charge in [0, 0.05) is 22.3 Å². The highest BCUT2D eigenvalue weighted by Crippen LogP contribution is 2.49. The van der Waals surface area contributed by atoms with Gasteiger partial charge in [0.1, 0.15) is 4.90 Å². The molecule has 2 aliphatic rings. The van der Waals surface area contributed by atoms with E-state index in [0.717, 1.165) is 12.3 Å². The monoisotopic (exact) mass is 466 g/mol. The smallest absolute Gasteiger partial charge is 0.263 e. The van der Waals surface area contributed by atoms with E-state index in [1.165, 1.54) is 31.4 Å². The van der Waals surface area contributed by atoms with Crippen LogP contribution in [-0.4, -0.2) is 20.4 Å². The first kappa shape index (κ1) is 21.5. The lowest BCUT2D eigenvalue weighted by atomic mass is 9.84. The molecule has 30 heavy (non-hydrogen) atoms. The number of anilines is 1. The zero-order valence-corrected chi connectivity index (χ0v) is 18.9. The van der Waals surface area contributed by atoms with Gasteiger partial charge in [0.25, 0.3) is 15.9 Å². The Morgan fingerprint density at radius 3 is 2.43 bits per heavy atom. The van der Waals surface area contributed by atoms with Crippen LogP contribution in [-0.2, 0) is 10.0 Å². The normalized spacial score (nSPS) is 23.9. The molecule has 2 aliphatic carbocycles. The Bertz CT molecular complexity index is 1060. The van der Waals surface area contributed by atoms with E-state index in [-0.39, 0.29) is 27.4 Å². The molecule has 0 unspecified atom stereocenters. The third-order valence-electron chi connectivity index (χ3n) is 6.37. The standard InChI is InChI=1S/C22H24Cl2N2O3S/c1-13(19-11-14-2-3-15(19)10-14)25-22(27)16-4-9-20(24)21(12-16)30(28,29)26-18-7-5-17(23)6-8-18/h4-9,12-15,19,26H,2-3,10-11H2,1H3,(H,25,27)/t13-,14+,15+,19-/m0/s1. The zero-order chi connectivity index (χ0) is 21.5.